The van der Waals surface area contributed by atoms with Crippen molar-refractivity contribution in [3.8, 4) is 0 Å². The van der Waals surface area contributed by atoms with Crippen LogP contribution in [0.1, 0.15) is 49.3 Å². The Morgan fingerprint density at radius 1 is 1.30 bits per heavy atom. The summed E-state index contributed by atoms with van der Waals surface area (Å²) in [4.78, 5) is 2.39. The Morgan fingerprint density at radius 3 is 2.70 bits per heavy atom. The van der Waals surface area contributed by atoms with Crippen LogP contribution >= 0.6 is 0 Å². The molecule has 2 aromatic heterocycles. The van der Waals surface area contributed by atoms with Crippen molar-refractivity contribution in [3.05, 3.63) is 29.3 Å². The maximum atomic E-state index is 13.4. The molecule has 9 heteroatoms. The van der Waals surface area contributed by atoms with Crippen LogP contribution in [-0.4, -0.2) is 57.8 Å². The largest absolute Gasteiger partial charge is 0.304 e. The number of hydrogen-bond acceptors (Lipinski definition) is 5. The van der Waals surface area contributed by atoms with E-state index in [2.05, 4.69) is 15.1 Å². The Hall–Kier alpha value is -1.71. The number of hydrogen-bond donors (Lipinski definition) is 0. The van der Waals surface area contributed by atoms with Gasteiger partial charge >= 0.3 is 0 Å². The lowest BCUT2D eigenvalue weighted by atomic mass is 10.1. The van der Waals surface area contributed by atoms with Gasteiger partial charge in [-0.3, -0.25) is 9.36 Å². The second-order valence-corrected chi connectivity index (χ2v) is 9.40. The third-order valence-corrected chi connectivity index (χ3v) is 6.97. The van der Waals surface area contributed by atoms with Crippen molar-refractivity contribution in [2.75, 3.05) is 20.6 Å². The van der Waals surface area contributed by atoms with E-state index >= 15 is 0 Å². The third-order valence-electron chi connectivity index (χ3n) is 4.96. The molecule has 0 saturated carbocycles. The molecule has 3 heterocycles. The van der Waals surface area contributed by atoms with Gasteiger partial charge in [0.05, 0.1) is 23.1 Å². The summed E-state index contributed by atoms with van der Waals surface area (Å²) in [6.45, 7) is 5.82. The molecule has 1 saturated heterocycles. The molecule has 1 aliphatic rings. The van der Waals surface area contributed by atoms with Crippen molar-refractivity contribution >= 4 is 10.0 Å². The molecule has 1 aliphatic heterocycles. The Bertz CT molecular complexity index is 899. The number of nitrogens with zero attached hydrogens (tertiary/aromatic N) is 6. The van der Waals surface area contributed by atoms with E-state index in [1.807, 2.05) is 38.8 Å². The highest BCUT2D eigenvalue weighted by molar-refractivity contribution is 7.89. The topological polar surface area (TPSA) is 76.3 Å². The molecule has 3 rings (SSSR count). The van der Waals surface area contributed by atoms with Crippen LogP contribution in [0.15, 0.2) is 17.2 Å². The summed E-state index contributed by atoms with van der Waals surface area (Å²) >= 11 is 0. The normalized spacial score (nSPS) is 18.7. The van der Waals surface area contributed by atoms with E-state index in [1.165, 1.54) is 0 Å². The molecule has 0 unspecified atom stereocenters. The number of sulfonamides is 1. The smallest absolute Gasteiger partial charge is 0.247 e. The average molecular weight is 395 g/mol. The Morgan fingerprint density at radius 2 is 2.04 bits per heavy atom. The first kappa shape index (κ1) is 20.0. The van der Waals surface area contributed by atoms with E-state index in [-0.39, 0.29) is 6.04 Å². The summed E-state index contributed by atoms with van der Waals surface area (Å²) in [7, 11) is 2.33. The summed E-state index contributed by atoms with van der Waals surface area (Å²) in [5, 5.41) is 9.00. The number of aromatic nitrogens is 4. The van der Waals surface area contributed by atoms with Gasteiger partial charge < -0.3 is 4.90 Å². The van der Waals surface area contributed by atoms with Gasteiger partial charge in [0.2, 0.25) is 10.0 Å². The minimum absolute atomic E-state index is 0.217. The van der Waals surface area contributed by atoms with Gasteiger partial charge in [0.25, 0.3) is 0 Å². The lowest BCUT2D eigenvalue weighted by molar-refractivity contribution is 0.384. The summed E-state index contributed by atoms with van der Waals surface area (Å²) in [5.41, 5.74) is 2.46. The van der Waals surface area contributed by atoms with Crippen LogP contribution in [-0.2, 0) is 30.2 Å². The minimum Gasteiger partial charge on any atom is -0.304 e. The monoisotopic (exact) mass is 394 g/mol. The van der Waals surface area contributed by atoms with Gasteiger partial charge in [-0.15, -0.1) is 0 Å². The first-order valence-corrected chi connectivity index (χ1v) is 10.9. The average Bonchev–Trinajstić information content (AvgIpc) is 3.27. The van der Waals surface area contributed by atoms with E-state index < -0.39 is 10.0 Å². The molecule has 0 aliphatic carbocycles. The van der Waals surface area contributed by atoms with Gasteiger partial charge in [0.1, 0.15) is 4.90 Å². The van der Waals surface area contributed by atoms with Crippen LogP contribution < -0.4 is 0 Å². The Labute approximate surface area is 161 Å². The number of aryl methyl sites for hydroxylation is 3. The standard InChI is InChI=1S/C18H30N6O2S/c1-6-9-23-13-18(14(2)19-23)27(25,26)24-10-7-8-17(24)16-11-15(12-21(3)4)22(5)20-16/h11,13,17H,6-10,12H2,1-5H3/t17-/m1/s1. The fraction of sp³-hybridized carbons (Fsp3) is 0.667. The number of rotatable bonds is 7. The molecule has 1 atom stereocenters. The lowest BCUT2D eigenvalue weighted by Gasteiger charge is -2.22. The second kappa shape index (κ2) is 7.73. The highest BCUT2D eigenvalue weighted by atomic mass is 32.2. The van der Waals surface area contributed by atoms with E-state index in [4.69, 9.17) is 0 Å². The van der Waals surface area contributed by atoms with Crippen molar-refractivity contribution in [2.45, 2.75) is 57.1 Å². The van der Waals surface area contributed by atoms with Gasteiger partial charge in [-0.25, -0.2) is 8.42 Å². The molecule has 0 amide bonds. The molecular formula is C18H30N6O2S. The van der Waals surface area contributed by atoms with Crippen molar-refractivity contribution < 1.29 is 8.42 Å². The first-order valence-electron chi connectivity index (χ1n) is 9.47. The molecule has 0 radical (unpaired) electrons. The van der Waals surface area contributed by atoms with Crippen molar-refractivity contribution in [1.29, 1.82) is 0 Å². The van der Waals surface area contributed by atoms with Gasteiger partial charge in [-0.2, -0.15) is 14.5 Å². The van der Waals surface area contributed by atoms with Crippen LogP contribution in [0.25, 0.3) is 0 Å². The molecule has 0 bridgehead atoms. The van der Waals surface area contributed by atoms with Gasteiger partial charge in [-0.05, 0) is 46.3 Å². The zero-order valence-electron chi connectivity index (χ0n) is 16.9. The third kappa shape index (κ3) is 3.95. The van der Waals surface area contributed by atoms with Crippen LogP contribution in [0.3, 0.4) is 0 Å². The zero-order chi connectivity index (χ0) is 19.8. The first-order chi connectivity index (χ1) is 12.7. The van der Waals surface area contributed by atoms with Gasteiger partial charge in [0, 0.05) is 32.9 Å². The van der Waals surface area contributed by atoms with Crippen LogP contribution in [0, 0.1) is 6.92 Å². The fourth-order valence-electron chi connectivity index (χ4n) is 3.71. The Kier molecular flexibility index (Phi) is 5.73. The zero-order valence-corrected chi connectivity index (χ0v) is 17.7. The van der Waals surface area contributed by atoms with E-state index in [9.17, 15) is 8.42 Å². The maximum absolute atomic E-state index is 13.4. The van der Waals surface area contributed by atoms with E-state index in [0.29, 0.717) is 23.7 Å². The molecule has 1 fully saturated rings. The van der Waals surface area contributed by atoms with Gasteiger partial charge in [-0.1, -0.05) is 6.92 Å². The molecule has 150 valence electrons. The quantitative estimate of drug-likeness (QED) is 0.717. The fourth-order valence-corrected chi connectivity index (χ4v) is 5.55. The minimum atomic E-state index is -3.60. The van der Waals surface area contributed by atoms with E-state index in [0.717, 1.165) is 37.2 Å². The summed E-state index contributed by atoms with van der Waals surface area (Å²) in [5.74, 6) is 0. The van der Waals surface area contributed by atoms with Crippen molar-refractivity contribution in [3.63, 3.8) is 0 Å². The van der Waals surface area contributed by atoms with E-state index in [1.54, 1.807) is 22.1 Å². The highest BCUT2D eigenvalue weighted by Crippen LogP contribution is 2.36. The Balaban J connectivity index is 1.92. The highest BCUT2D eigenvalue weighted by Gasteiger charge is 2.39. The lowest BCUT2D eigenvalue weighted by Crippen LogP contribution is -2.31. The molecule has 27 heavy (non-hydrogen) atoms. The molecule has 2 aromatic rings. The van der Waals surface area contributed by atoms with Crippen molar-refractivity contribution in [2.24, 2.45) is 7.05 Å². The molecular weight excluding hydrogens is 364 g/mol. The second-order valence-electron chi connectivity index (χ2n) is 7.54. The van der Waals surface area contributed by atoms with Crippen LogP contribution in [0.5, 0.6) is 0 Å². The summed E-state index contributed by atoms with van der Waals surface area (Å²) < 4.78 is 31.9. The maximum Gasteiger partial charge on any atom is 0.247 e. The molecule has 0 aromatic carbocycles. The predicted octanol–water partition coefficient (Wildman–Crippen LogP) is 1.92. The molecule has 8 nitrogen and oxygen atoms in total. The summed E-state index contributed by atoms with van der Waals surface area (Å²) in [6, 6.07) is 1.82. The predicted molar refractivity (Wildman–Crippen MR) is 104 cm³/mol. The van der Waals surface area contributed by atoms with Crippen molar-refractivity contribution in [1.82, 2.24) is 28.8 Å². The molecule has 0 spiro atoms. The van der Waals surface area contributed by atoms with Crippen LogP contribution in [0.2, 0.25) is 0 Å². The van der Waals surface area contributed by atoms with Gasteiger partial charge in [0.15, 0.2) is 0 Å². The summed E-state index contributed by atoms with van der Waals surface area (Å²) in [6.07, 6.45) is 4.21. The molecule has 0 N–H and O–H groups in total. The van der Waals surface area contributed by atoms with Crippen LogP contribution in [0.4, 0.5) is 0 Å². The SMILES string of the molecule is CCCn1cc(S(=O)(=O)N2CCC[C@@H]2c2cc(CN(C)C)n(C)n2)c(C)n1.